The smallest absolute Gasteiger partial charge is 0.336 e. The van der Waals surface area contributed by atoms with E-state index in [-0.39, 0.29) is 17.2 Å². The summed E-state index contributed by atoms with van der Waals surface area (Å²) in [6.45, 7) is -0.805. The Kier molecular flexibility index (Phi) is 4.52. The van der Waals surface area contributed by atoms with E-state index in [9.17, 15) is 34.8 Å². The average Bonchev–Trinajstić information content (AvgIpc) is 3.15. The molecule has 13 nitrogen and oxygen atoms in total. The number of aliphatic carboxylic acids is 2. The van der Waals surface area contributed by atoms with Gasteiger partial charge in [0.25, 0.3) is 5.56 Å². The van der Waals surface area contributed by atoms with Crippen LogP contribution in [0.1, 0.15) is 0 Å². The van der Waals surface area contributed by atoms with Gasteiger partial charge in [0.05, 0.1) is 18.5 Å². The summed E-state index contributed by atoms with van der Waals surface area (Å²) in [6.07, 6.45) is -3.07. The molecular formula is C14H14N4O9. The first-order valence-corrected chi connectivity index (χ1v) is 7.48. The van der Waals surface area contributed by atoms with Crippen LogP contribution in [0.2, 0.25) is 0 Å². The minimum Gasteiger partial charge on any atom is -0.478 e. The summed E-state index contributed by atoms with van der Waals surface area (Å²) in [5, 5.41) is 48.7. The molecule has 3 heterocycles. The molecule has 1 saturated heterocycles. The lowest BCUT2D eigenvalue weighted by molar-refractivity contribution is -0.150. The maximum atomic E-state index is 11.9. The number of aliphatic hydroxyl groups is 3. The first kappa shape index (κ1) is 18.7. The predicted octanol–water partition coefficient (Wildman–Crippen LogP) is -3.02. The van der Waals surface area contributed by atoms with Crippen LogP contribution in [0.3, 0.4) is 0 Å². The summed E-state index contributed by atoms with van der Waals surface area (Å²) >= 11 is 0. The van der Waals surface area contributed by atoms with E-state index >= 15 is 0 Å². The van der Waals surface area contributed by atoms with Gasteiger partial charge < -0.3 is 35.3 Å². The van der Waals surface area contributed by atoms with Crippen LogP contribution in [0, 0.1) is 0 Å². The highest BCUT2D eigenvalue weighted by molar-refractivity contribution is 5.96. The van der Waals surface area contributed by atoms with Gasteiger partial charge in [0, 0.05) is 6.08 Å². The molecule has 1 fully saturated rings. The van der Waals surface area contributed by atoms with Crippen LogP contribution in [0.5, 0.6) is 0 Å². The molecule has 1 aliphatic rings. The molecule has 0 bridgehead atoms. The number of H-pyrrole nitrogens is 1. The summed E-state index contributed by atoms with van der Waals surface area (Å²) in [5.41, 5.74) is -4.65. The van der Waals surface area contributed by atoms with E-state index in [4.69, 9.17) is 9.84 Å². The molecule has 0 aliphatic carbocycles. The molecule has 144 valence electrons. The maximum absolute atomic E-state index is 11.9. The highest BCUT2D eigenvalue weighted by Crippen LogP contribution is 2.42. The van der Waals surface area contributed by atoms with E-state index in [0.29, 0.717) is 0 Å². The number of aliphatic hydroxyl groups excluding tert-OH is 3. The van der Waals surface area contributed by atoms with Gasteiger partial charge in [0.2, 0.25) is 5.72 Å². The van der Waals surface area contributed by atoms with E-state index in [1.165, 1.54) is 0 Å². The molecule has 0 spiro atoms. The zero-order chi connectivity index (χ0) is 19.9. The number of fused-ring (bicyclic) bond motifs is 1. The summed E-state index contributed by atoms with van der Waals surface area (Å²) in [7, 11) is 0. The van der Waals surface area contributed by atoms with Gasteiger partial charge in [-0.2, -0.15) is 0 Å². The number of nitrogens with one attached hydrogen (secondary N) is 1. The molecule has 2 aromatic heterocycles. The highest BCUT2D eigenvalue weighted by atomic mass is 16.6. The molecular weight excluding hydrogens is 368 g/mol. The van der Waals surface area contributed by atoms with Crippen LogP contribution in [0.15, 0.2) is 29.1 Å². The third-order valence-corrected chi connectivity index (χ3v) is 4.20. The topological polar surface area (TPSA) is 208 Å². The second-order valence-electron chi connectivity index (χ2n) is 5.69. The van der Waals surface area contributed by atoms with Crippen molar-refractivity contribution >= 4 is 23.1 Å². The number of nitrogens with zero attached hydrogens (tertiary/aromatic N) is 3. The van der Waals surface area contributed by atoms with Gasteiger partial charge in [-0.05, 0) is 0 Å². The van der Waals surface area contributed by atoms with Crippen LogP contribution in [-0.2, 0) is 20.1 Å². The predicted molar refractivity (Wildman–Crippen MR) is 83.4 cm³/mol. The van der Waals surface area contributed by atoms with E-state index in [1.54, 1.807) is 0 Å². The van der Waals surface area contributed by atoms with Crippen molar-refractivity contribution in [2.24, 2.45) is 0 Å². The third kappa shape index (κ3) is 2.69. The SMILES string of the molecule is O=C(O)/C=C(\C(=O)O)[C@@]1(n2cnc3c(=O)[nH]cnc32)O[C@H](CO)[C@@H](O)[C@H]1O. The number of ether oxygens (including phenoxy) is 1. The summed E-state index contributed by atoms with van der Waals surface area (Å²) in [5.74, 6) is -3.45. The zero-order valence-corrected chi connectivity index (χ0v) is 13.4. The standard InChI is InChI=1S/C14H14N4O9/c19-2-6-9(22)10(23)14(27-6,5(13(25)26)1-7(20)21)18-4-17-8-11(18)15-3-16-12(8)24/h1,3-4,6,9-10,19,22-23H,2H2,(H,20,21)(H,25,26)(H,15,16,24)/b5-1+/t6-,9-,10-,14-/m1/s1. The fraction of sp³-hybridized carbons (Fsp3) is 0.357. The van der Waals surface area contributed by atoms with Crippen molar-refractivity contribution in [3.8, 4) is 0 Å². The fourth-order valence-electron chi connectivity index (χ4n) is 3.03. The lowest BCUT2D eigenvalue weighted by atomic mass is 9.93. The first-order chi connectivity index (χ1) is 12.7. The Labute approximate surface area is 148 Å². The molecule has 0 unspecified atom stereocenters. The monoisotopic (exact) mass is 382 g/mol. The Bertz CT molecular complexity index is 996. The van der Waals surface area contributed by atoms with Crippen molar-refractivity contribution in [2.75, 3.05) is 6.61 Å². The van der Waals surface area contributed by atoms with E-state index in [1.807, 2.05) is 0 Å². The Balaban J connectivity index is 2.38. The normalized spacial score (nSPS) is 28.6. The number of aromatic amines is 1. The van der Waals surface area contributed by atoms with Crippen molar-refractivity contribution in [1.82, 2.24) is 19.5 Å². The second kappa shape index (κ2) is 6.55. The zero-order valence-electron chi connectivity index (χ0n) is 13.4. The minimum absolute atomic E-state index is 0.235. The number of carboxylic acid groups (broad SMARTS) is 2. The molecule has 27 heavy (non-hydrogen) atoms. The average molecular weight is 382 g/mol. The van der Waals surface area contributed by atoms with Gasteiger partial charge in [-0.3, -0.25) is 9.36 Å². The van der Waals surface area contributed by atoms with Gasteiger partial charge in [-0.25, -0.2) is 19.6 Å². The van der Waals surface area contributed by atoms with Gasteiger partial charge in [0.15, 0.2) is 11.2 Å². The number of hydrogen-bond donors (Lipinski definition) is 6. The third-order valence-electron chi connectivity index (χ3n) is 4.20. The molecule has 0 radical (unpaired) electrons. The van der Waals surface area contributed by atoms with Gasteiger partial charge in [0.1, 0.15) is 24.6 Å². The fourth-order valence-corrected chi connectivity index (χ4v) is 3.03. The van der Waals surface area contributed by atoms with Crippen molar-refractivity contribution in [1.29, 1.82) is 0 Å². The molecule has 6 N–H and O–H groups in total. The molecule has 4 atom stereocenters. The lowest BCUT2D eigenvalue weighted by Crippen LogP contribution is -2.49. The lowest BCUT2D eigenvalue weighted by Gasteiger charge is -2.33. The number of aromatic nitrogens is 4. The van der Waals surface area contributed by atoms with Crippen LogP contribution >= 0.6 is 0 Å². The summed E-state index contributed by atoms with van der Waals surface area (Å²) < 4.78 is 6.29. The quantitative estimate of drug-likeness (QED) is 0.287. The highest BCUT2D eigenvalue weighted by Gasteiger charge is 2.60. The van der Waals surface area contributed by atoms with Gasteiger partial charge >= 0.3 is 11.9 Å². The number of hydrogen-bond acceptors (Lipinski definition) is 9. The molecule has 3 rings (SSSR count). The second-order valence-corrected chi connectivity index (χ2v) is 5.69. The van der Waals surface area contributed by atoms with E-state index in [2.05, 4.69) is 15.0 Å². The van der Waals surface area contributed by atoms with Gasteiger partial charge in [-0.1, -0.05) is 0 Å². The van der Waals surface area contributed by atoms with Crippen LogP contribution in [-0.4, -0.2) is 81.9 Å². The van der Waals surface area contributed by atoms with Crippen molar-refractivity contribution in [3.05, 3.63) is 34.7 Å². The molecule has 0 saturated carbocycles. The summed E-state index contributed by atoms with van der Waals surface area (Å²) in [4.78, 5) is 44.7. The van der Waals surface area contributed by atoms with Crippen molar-refractivity contribution < 1.29 is 39.9 Å². The number of carboxylic acids is 2. The Morgan fingerprint density at radius 1 is 1.33 bits per heavy atom. The molecule has 2 aromatic rings. The maximum Gasteiger partial charge on any atom is 0.336 e. The van der Waals surface area contributed by atoms with Crippen LogP contribution < -0.4 is 5.56 Å². The first-order valence-electron chi connectivity index (χ1n) is 7.48. The Morgan fingerprint density at radius 2 is 2.04 bits per heavy atom. The van der Waals surface area contributed by atoms with Crippen molar-refractivity contribution in [2.45, 2.75) is 24.0 Å². The number of carbonyl (C=O) groups is 2. The minimum atomic E-state index is -2.52. The Morgan fingerprint density at radius 3 is 2.59 bits per heavy atom. The van der Waals surface area contributed by atoms with Crippen LogP contribution in [0.4, 0.5) is 0 Å². The molecule has 13 heteroatoms. The number of imidazole rings is 1. The Hall–Kier alpha value is -3.13. The van der Waals surface area contributed by atoms with Gasteiger partial charge in [-0.15, -0.1) is 0 Å². The van der Waals surface area contributed by atoms with E-state index in [0.717, 1.165) is 17.2 Å². The summed E-state index contributed by atoms with van der Waals surface area (Å²) in [6, 6.07) is 0. The largest absolute Gasteiger partial charge is 0.478 e. The molecule has 0 aromatic carbocycles. The molecule has 1 aliphatic heterocycles. The van der Waals surface area contributed by atoms with Crippen molar-refractivity contribution in [3.63, 3.8) is 0 Å². The number of rotatable bonds is 5. The molecule has 0 amide bonds. The van der Waals surface area contributed by atoms with E-state index < -0.39 is 53.7 Å². The van der Waals surface area contributed by atoms with Crippen LogP contribution in [0.25, 0.3) is 11.2 Å².